The highest BCUT2D eigenvalue weighted by molar-refractivity contribution is 6.36. The molecule has 0 aliphatic carbocycles. The van der Waals surface area contributed by atoms with Crippen molar-refractivity contribution >= 4 is 39.9 Å². The molecule has 0 aliphatic heterocycles. The monoisotopic (exact) mass is 464 g/mol. The van der Waals surface area contributed by atoms with Crippen LogP contribution < -0.4 is 0 Å². The minimum absolute atomic E-state index is 0.00608. The zero-order valence-electron chi connectivity index (χ0n) is 16.4. The molecule has 3 heterocycles. The molecule has 0 bridgehead atoms. The van der Waals surface area contributed by atoms with Gasteiger partial charge in [-0.25, -0.2) is 0 Å². The van der Waals surface area contributed by atoms with Crippen LogP contribution in [0.1, 0.15) is 21.8 Å². The van der Waals surface area contributed by atoms with Crippen molar-refractivity contribution in [3.63, 3.8) is 0 Å². The molecule has 5 aromatic rings. The van der Waals surface area contributed by atoms with Crippen molar-refractivity contribution in [3.05, 3.63) is 94.1 Å². The van der Waals surface area contributed by atoms with Gasteiger partial charge in [0.2, 0.25) is 0 Å². The summed E-state index contributed by atoms with van der Waals surface area (Å²) in [5.74, 6) is -0.638. The molecular weight excluding hydrogens is 451 g/mol. The largest absolute Gasteiger partial charge is 0.508 e. The lowest BCUT2D eigenvalue weighted by molar-refractivity contribution is 0.100. The first-order chi connectivity index (χ1) is 15.5. The van der Waals surface area contributed by atoms with Gasteiger partial charge in [-0.1, -0.05) is 41.4 Å². The van der Waals surface area contributed by atoms with E-state index in [4.69, 9.17) is 27.6 Å². The van der Waals surface area contributed by atoms with Gasteiger partial charge < -0.3 is 14.1 Å². The predicted molar refractivity (Wildman–Crippen MR) is 120 cm³/mol. The predicted octanol–water partition coefficient (Wildman–Crippen LogP) is 5.38. The first-order valence-electron chi connectivity index (χ1n) is 9.56. The molecule has 0 radical (unpaired) electrons. The molecule has 7 nitrogen and oxygen atoms in total. The van der Waals surface area contributed by atoms with E-state index < -0.39 is 5.78 Å². The molecule has 0 unspecified atom stereocenters. The molecule has 3 aromatic heterocycles. The average molecular weight is 465 g/mol. The van der Waals surface area contributed by atoms with Crippen LogP contribution in [-0.4, -0.2) is 30.6 Å². The number of phenols is 1. The molecule has 0 fully saturated rings. The third-order valence-corrected chi connectivity index (χ3v) is 5.61. The maximum absolute atomic E-state index is 13.3. The second kappa shape index (κ2) is 8.11. The van der Waals surface area contributed by atoms with Crippen LogP contribution in [0.25, 0.3) is 22.5 Å². The molecule has 0 aliphatic rings. The van der Waals surface area contributed by atoms with E-state index in [-0.39, 0.29) is 28.2 Å². The summed E-state index contributed by atoms with van der Waals surface area (Å²) >= 11 is 12.7. The molecule has 158 valence electrons. The summed E-state index contributed by atoms with van der Waals surface area (Å²) in [7, 11) is 0. The standard InChI is InChI=1S/C23H14Cl2N4O3/c24-14-6-4-13(5-7-14)12-29-18-9-8-15(30)11-16(18)19(21(29)25)20(31)23-28-27-22(32-23)17-3-1-2-10-26-17/h1-11,30H,12H2. The van der Waals surface area contributed by atoms with Crippen molar-refractivity contribution in [1.82, 2.24) is 19.7 Å². The van der Waals surface area contributed by atoms with Crippen LogP contribution in [0.4, 0.5) is 0 Å². The lowest BCUT2D eigenvalue weighted by Gasteiger charge is -2.08. The molecule has 0 amide bonds. The highest BCUT2D eigenvalue weighted by Crippen LogP contribution is 2.35. The van der Waals surface area contributed by atoms with Crippen molar-refractivity contribution in [3.8, 4) is 17.3 Å². The normalized spacial score (nSPS) is 11.2. The van der Waals surface area contributed by atoms with Gasteiger partial charge in [-0.2, -0.15) is 0 Å². The van der Waals surface area contributed by atoms with E-state index in [0.29, 0.717) is 28.2 Å². The Hall–Kier alpha value is -3.68. The van der Waals surface area contributed by atoms with Crippen LogP contribution in [0.15, 0.2) is 71.3 Å². The van der Waals surface area contributed by atoms with Crippen LogP contribution in [0, 0.1) is 0 Å². The third-order valence-electron chi connectivity index (χ3n) is 4.97. The average Bonchev–Trinajstić information content (AvgIpc) is 3.39. The smallest absolute Gasteiger partial charge is 0.289 e. The number of aromatic hydroxyl groups is 1. The summed E-state index contributed by atoms with van der Waals surface area (Å²) in [6.45, 7) is 0.396. The second-order valence-electron chi connectivity index (χ2n) is 7.04. The van der Waals surface area contributed by atoms with Crippen molar-refractivity contribution in [2.75, 3.05) is 0 Å². The quantitative estimate of drug-likeness (QED) is 0.351. The first kappa shape index (κ1) is 20.2. The Morgan fingerprint density at radius 1 is 1.03 bits per heavy atom. The van der Waals surface area contributed by atoms with E-state index in [1.165, 1.54) is 12.1 Å². The lowest BCUT2D eigenvalue weighted by Crippen LogP contribution is -2.04. The second-order valence-corrected chi connectivity index (χ2v) is 7.83. The number of pyridine rings is 1. The van der Waals surface area contributed by atoms with Gasteiger partial charge in [0.25, 0.3) is 17.6 Å². The number of phenolic OH excluding ortho intramolecular Hbond substituents is 1. The Morgan fingerprint density at radius 3 is 2.59 bits per heavy atom. The van der Waals surface area contributed by atoms with Gasteiger partial charge in [-0.3, -0.25) is 9.78 Å². The molecule has 1 N–H and O–H groups in total. The highest BCUT2D eigenvalue weighted by Gasteiger charge is 2.27. The molecule has 0 spiro atoms. The Morgan fingerprint density at radius 2 is 1.84 bits per heavy atom. The van der Waals surface area contributed by atoms with Gasteiger partial charge >= 0.3 is 0 Å². The fourth-order valence-corrected chi connectivity index (χ4v) is 3.93. The number of halogens is 2. The Balaban J connectivity index is 1.60. The van der Waals surface area contributed by atoms with Crippen LogP contribution in [-0.2, 0) is 6.54 Å². The fourth-order valence-electron chi connectivity index (χ4n) is 3.47. The Labute approximate surface area is 191 Å². The number of rotatable bonds is 5. The number of hydrogen-bond donors (Lipinski definition) is 1. The minimum atomic E-state index is -0.546. The van der Waals surface area contributed by atoms with Gasteiger partial charge in [0, 0.05) is 23.2 Å². The van der Waals surface area contributed by atoms with E-state index in [1.54, 1.807) is 47.2 Å². The van der Waals surface area contributed by atoms with Crippen LogP contribution in [0.3, 0.4) is 0 Å². The van der Waals surface area contributed by atoms with Crippen molar-refractivity contribution in [2.24, 2.45) is 0 Å². The minimum Gasteiger partial charge on any atom is -0.508 e. The number of benzene rings is 2. The third kappa shape index (κ3) is 3.62. The Kier molecular flexibility index (Phi) is 5.13. The van der Waals surface area contributed by atoms with E-state index in [2.05, 4.69) is 15.2 Å². The number of hydrogen-bond acceptors (Lipinski definition) is 6. The zero-order chi connectivity index (χ0) is 22.2. The number of aromatic nitrogens is 4. The van der Waals surface area contributed by atoms with Gasteiger partial charge in [0.15, 0.2) is 0 Å². The number of fused-ring (bicyclic) bond motifs is 1. The zero-order valence-corrected chi connectivity index (χ0v) is 17.9. The topological polar surface area (TPSA) is 94.0 Å². The van der Waals surface area contributed by atoms with E-state index in [0.717, 1.165) is 5.56 Å². The van der Waals surface area contributed by atoms with Gasteiger partial charge in [0.05, 0.1) is 11.1 Å². The number of nitrogens with zero attached hydrogens (tertiary/aromatic N) is 4. The summed E-state index contributed by atoms with van der Waals surface area (Å²) in [4.78, 5) is 17.5. The maximum atomic E-state index is 13.3. The van der Waals surface area contributed by atoms with Gasteiger partial charge in [0.1, 0.15) is 16.6 Å². The summed E-state index contributed by atoms with van der Waals surface area (Å²) in [6.07, 6.45) is 1.59. The molecule has 0 saturated carbocycles. The van der Waals surface area contributed by atoms with Crippen LogP contribution in [0.5, 0.6) is 5.75 Å². The first-order valence-corrected chi connectivity index (χ1v) is 10.3. The van der Waals surface area contributed by atoms with E-state index >= 15 is 0 Å². The number of ketones is 1. The summed E-state index contributed by atoms with van der Waals surface area (Å²) in [5, 5.41) is 19.2. The van der Waals surface area contributed by atoms with E-state index in [9.17, 15) is 9.90 Å². The summed E-state index contributed by atoms with van der Waals surface area (Å²) in [5.41, 5.74) is 2.24. The lowest BCUT2D eigenvalue weighted by atomic mass is 10.1. The summed E-state index contributed by atoms with van der Waals surface area (Å²) < 4.78 is 7.36. The van der Waals surface area contributed by atoms with Crippen LogP contribution >= 0.6 is 23.2 Å². The molecule has 2 aromatic carbocycles. The fraction of sp³-hybridized carbons (Fsp3) is 0.0435. The molecule has 5 rings (SSSR count). The highest BCUT2D eigenvalue weighted by atomic mass is 35.5. The molecule has 32 heavy (non-hydrogen) atoms. The SMILES string of the molecule is O=C(c1nnc(-c2ccccn2)o1)c1c(Cl)n(Cc2ccc(Cl)cc2)c2ccc(O)cc12. The van der Waals surface area contributed by atoms with Crippen molar-refractivity contribution < 1.29 is 14.3 Å². The maximum Gasteiger partial charge on any atom is 0.289 e. The number of carbonyl (C=O) groups excluding carboxylic acids is 1. The molecule has 0 saturated heterocycles. The molecule has 9 heteroatoms. The van der Waals surface area contributed by atoms with Gasteiger partial charge in [-0.05, 0) is 48.0 Å². The van der Waals surface area contributed by atoms with Crippen molar-refractivity contribution in [1.29, 1.82) is 0 Å². The molecular formula is C23H14Cl2N4O3. The summed E-state index contributed by atoms with van der Waals surface area (Å²) in [6, 6.07) is 17.3. The number of carbonyl (C=O) groups is 1. The Bertz CT molecular complexity index is 1440. The van der Waals surface area contributed by atoms with E-state index in [1.807, 2.05) is 12.1 Å². The van der Waals surface area contributed by atoms with Crippen LogP contribution in [0.2, 0.25) is 10.2 Å². The van der Waals surface area contributed by atoms with Crippen molar-refractivity contribution in [2.45, 2.75) is 6.54 Å². The molecule has 0 atom stereocenters. The van der Waals surface area contributed by atoms with Gasteiger partial charge in [-0.15, -0.1) is 10.2 Å².